The number of amides is 1. The molecule has 0 aliphatic carbocycles. The maximum absolute atomic E-state index is 12.9. The van der Waals surface area contributed by atoms with Crippen molar-refractivity contribution < 1.29 is 13.9 Å². The average molecular weight is 319 g/mol. The molecule has 3 nitrogen and oxygen atoms in total. The molecule has 1 aliphatic heterocycles. The number of hydrogen-bond donors (Lipinski definition) is 0. The van der Waals surface area contributed by atoms with E-state index in [0.29, 0.717) is 12.2 Å². The lowest BCUT2D eigenvalue weighted by atomic mass is 10.1. The normalized spacial score (nSPS) is 15.8. The Morgan fingerprint density at radius 1 is 1.23 bits per heavy atom. The number of benzene rings is 1. The van der Waals surface area contributed by atoms with Crippen molar-refractivity contribution >= 4 is 17.2 Å². The van der Waals surface area contributed by atoms with Gasteiger partial charge in [0.1, 0.15) is 17.7 Å². The van der Waals surface area contributed by atoms with Crippen LogP contribution in [0.1, 0.15) is 18.4 Å². The highest BCUT2D eigenvalue weighted by atomic mass is 32.1. The quantitative estimate of drug-likeness (QED) is 0.863. The molecule has 3 rings (SSSR count). The van der Waals surface area contributed by atoms with E-state index in [4.69, 9.17) is 4.74 Å². The Hall–Kier alpha value is -1.88. The van der Waals surface area contributed by atoms with Crippen LogP contribution in [0.25, 0.3) is 0 Å². The molecule has 116 valence electrons. The van der Waals surface area contributed by atoms with Gasteiger partial charge in [0, 0.05) is 25.9 Å². The van der Waals surface area contributed by atoms with E-state index < -0.39 is 0 Å². The third kappa shape index (κ3) is 3.85. The van der Waals surface area contributed by atoms with E-state index in [0.717, 1.165) is 31.5 Å². The van der Waals surface area contributed by atoms with E-state index in [1.54, 1.807) is 23.5 Å². The number of halogens is 1. The topological polar surface area (TPSA) is 29.5 Å². The molecule has 0 radical (unpaired) electrons. The molecule has 0 saturated carbocycles. The molecule has 0 N–H and O–H groups in total. The molecule has 5 heteroatoms. The fourth-order valence-electron chi connectivity index (χ4n) is 2.61. The van der Waals surface area contributed by atoms with Crippen molar-refractivity contribution in [3.05, 3.63) is 52.5 Å². The Balaban J connectivity index is 1.47. The molecule has 2 aromatic rings. The highest BCUT2D eigenvalue weighted by molar-refractivity contribution is 7.07. The summed E-state index contributed by atoms with van der Waals surface area (Å²) >= 11 is 1.61. The molecule has 1 aliphatic rings. The first kappa shape index (κ1) is 15.0. The number of thiophene rings is 1. The van der Waals surface area contributed by atoms with Gasteiger partial charge in [0.15, 0.2) is 0 Å². The van der Waals surface area contributed by atoms with Crippen LogP contribution in [0.2, 0.25) is 0 Å². The molecule has 1 fully saturated rings. The van der Waals surface area contributed by atoms with Gasteiger partial charge >= 0.3 is 0 Å². The van der Waals surface area contributed by atoms with Gasteiger partial charge < -0.3 is 9.64 Å². The summed E-state index contributed by atoms with van der Waals surface area (Å²) in [5.74, 6) is 0.601. The molecule has 1 saturated heterocycles. The predicted octanol–water partition coefficient (Wildman–Crippen LogP) is 3.50. The van der Waals surface area contributed by atoms with Gasteiger partial charge in [-0.05, 0) is 46.7 Å². The Morgan fingerprint density at radius 2 is 1.95 bits per heavy atom. The smallest absolute Gasteiger partial charge is 0.227 e. The lowest BCUT2D eigenvalue weighted by molar-refractivity contribution is -0.132. The van der Waals surface area contributed by atoms with Crippen LogP contribution in [-0.2, 0) is 11.2 Å². The summed E-state index contributed by atoms with van der Waals surface area (Å²) in [4.78, 5) is 14.1. The van der Waals surface area contributed by atoms with Crippen LogP contribution in [0.5, 0.6) is 5.75 Å². The number of carbonyl (C=O) groups is 1. The second kappa shape index (κ2) is 6.92. The van der Waals surface area contributed by atoms with Gasteiger partial charge in [-0.25, -0.2) is 4.39 Å². The van der Waals surface area contributed by atoms with E-state index in [1.165, 1.54) is 12.1 Å². The van der Waals surface area contributed by atoms with Gasteiger partial charge in [-0.15, -0.1) is 0 Å². The molecular formula is C17H18FNO2S. The molecule has 1 aromatic heterocycles. The SMILES string of the molecule is O=C(Cc1ccsc1)N1CCC(Oc2ccc(F)cc2)CC1. The molecule has 22 heavy (non-hydrogen) atoms. The molecule has 1 aromatic carbocycles. The second-order valence-corrected chi connectivity index (χ2v) is 6.24. The van der Waals surface area contributed by atoms with Gasteiger partial charge in [-0.3, -0.25) is 4.79 Å². The number of piperidine rings is 1. The number of carbonyl (C=O) groups excluding carboxylic acids is 1. The minimum Gasteiger partial charge on any atom is -0.490 e. The van der Waals surface area contributed by atoms with Crippen LogP contribution in [0.4, 0.5) is 4.39 Å². The Morgan fingerprint density at radius 3 is 2.59 bits per heavy atom. The molecular weight excluding hydrogens is 301 g/mol. The lowest BCUT2D eigenvalue weighted by Gasteiger charge is -2.32. The minimum atomic E-state index is -0.263. The number of ether oxygens (including phenoxy) is 1. The van der Waals surface area contributed by atoms with Crippen LogP contribution >= 0.6 is 11.3 Å². The summed E-state index contributed by atoms with van der Waals surface area (Å²) in [5, 5.41) is 4.01. The van der Waals surface area contributed by atoms with Gasteiger partial charge in [0.05, 0.1) is 6.42 Å². The maximum Gasteiger partial charge on any atom is 0.227 e. The van der Waals surface area contributed by atoms with Gasteiger partial charge in [0.25, 0.3) is 0 Å². The van der Waals surface area contributed by atoms with Crippen molar-refractivity contribution in [1.82, 2.24) is 4.90 Å². The van der Waals surface area contributed by atoms with Crippen molar-refractivity contribution in [1.29, 1.82) is 0 Å². The Kier molecular flexibility index (Phi) is 4.73. The number of hydrogen-bond acceptors (Lipinski definition) is 3. The number of rotatable bonds is 4. The summed E-state index contributed by atoms with van der Waals surface area (Å²) in [6.45, 7) is 1.43. The summed E-state index contributed by atoms with van der Waals surface area (Å²) in [6.07, 6.45) is 2.20. The van der Waals surface area contributed by atoms with E-state index in [2.05, 4.69) is 0 Å². The van der Waals surface area contributed by atoms with E-state index in [9.17, 15) is 9.18 Å². The van der Waals surface area contributed by atoms with Crippen LogP contribution in [0, 0.1) is 5.82 Å². The minimum absolute atomic E-state index is 0.0932. The van der Waals surface area contributed by atoms with Crippen LogP contribution in [-0.4, -0.2) is 30.0 Å². The summed E-state index contributed by atoms with van der Waals surface area (Å²) in [6, 6.07) is 8.07. The fourth-order valence-corrected chi connectivity index (χ4v) is 3.28. The van der Waals surface area contributed by atoms with Crippen molar-refractivity contribution in [3.63, 3.8) is 0 Å². The molecule has 0 atom stereocenters. The van der Waals surface area contributed by atoms with E-state index >= 15 is 0 Å². The molecule has 1 amide bonds. The van der Waals surface area contributed by atoms with Gasteiger partial charge in [-0.1, -0.05) is 0 Å². The molecule has 0 bridgehead atoms. The first-order valence-corrected chi connectivity index (χ1v) is 8.36. The van der Waals surface area contributed by atoms with Crippen molar-refractivity contribution in [3.8, 4) is 5.75 Å². The zero-order valence-electron chi connectivity index (χ0n) is 12.2. The van der Waals surface area contributed by atoms with Gasteiger partial charge in [0.2, 0.25) is 5.91 Å². The zero-order valence-corrected chi connectivity index (χ0v) is 13.0. The van der Waals surface area contributed by atoms with E-state index in [1.807, 2.05) is 21.7 Å². The summed E-state index contributed by atoms with van der Waals surface area (Å²) in [7, 11) is 0. The van der Waals surface area contributed by atoms with Crippen molar-refractivity contribution in [2.45, 2.75) is 25.4 Å². The monoisotopic (exact) mass is 319 g/mol. The van der Waals surface area contributed by atoms with Gasteiger partial charge in [-0.2, -0.15) is 11.3 Å². The fraction of sp³-hybridized carbons (Fsp3) is 0.353. The van der Waals surface area contributed by atoms with Crippen molar-refractivity contribution in [2.75, 3.05) is 13.1 Å². The number of nitrogens with zero attached hydrogens (tertiary/aromatic N) is 1. The Labute approximate surface area is 133 Å². The maximum atomic E-state index is 12.9. The standard InChI is InChI=1S/C17H18FNO2S/c18-14-1-3-15(4-2-14)21-16-5-8-19(9-6-16)17(20)11-13-7-10-22-12-13/h1-4,7,10,12,16H,5-6,8-9,11H2. The summed E-state index contributed by atoms with van der Waals surface area (Å²) in [5.41, 5.74) is 1.08. The third-order valence-corrected chi connectivity index (χ3v) is 4.58. The third-order valence-electron chi connectivity index (χ3n) is 3.85. The molecule has 0 unspecified atom stereocenters. The highest BCUT2D eigenvalue weighted by Gasteiger charge is 2.24. The predicted molar refractivity (Wildman–Crippen MR) is 84.7 cm³/mol. The van der Waals surface area contributed by atoms with Crippen molar-refractivity contribution in [2.24, 2.45) is 0 Å². The highest BCUT2D eigenvalue weighted by Crippen LogP contribution is 2.20. The largest absolute Gasteiger partial charge is 0.490 e. The van der Waals surface area contributed by atoms with E-state index in [-0.39, 0.29) is 17.8 Å². The average Bonchev–Trinajstić information content (AvgIpc) is 3.03. The number of likely N-dealkylation sites (tertiary alicyclic amines) is 1. The second-order valence-electron chi connectivity index (χ2n) is 5.46. The van der Waals surface area contributed by atoms with Crippen LogP contribution < -0.4 is 4.74 Å². The first-order valence-electron chi connectivity index (χ1n) is 7.42. The van der Waals surface area contributed by atoms with Crippen LogP contribution in [0.15, 0.2) is 41.1 Å². The van der Waals surface area contributed by atoms with Crippen LogP contribution in [0.3, 0.4) is 0 Å². The Bertz CT molecular complexity index is 604. The summed E-state index contributed by atoms with van der Waals surface area (Å²) < 4.78 is 18.7. The molecule has 2 heterocycles. The molecule has 0 spiro atoms. The zero-order chi connectivity index (χ0) is 15.4. The lowest BCUT2D eigenvalue weighted by Crippen LogP contribution is -2.42. The first-order chi connectivity index (χ1) is 10.7.